The van der Waals surface area contributed by atoms with Crippen LogP contribution in [0, 0.1) is 11.8 Å². The second-order valence-electron chi connectivity index (χ2n) is 24.2. The highest BCUT2D eigenvalue weighted by molar-refractivity contribution is 6.74. The lowest BCUT2D eigenvalue weighted by Gasteiger charge is -2.42. The Morgan fingerprint density at radius 2 is 1.40 bits per heavy atom. The zero-order valence-electron chi connectivity index (χ0n) is 52.3. The minimum absolute atomic E-state index is 0.0760. The Balaban J connectivity index is 1.72. The van der Waals surface area contributed by atoms with Crippen molar-refractivity contribution in [2.45, 2.75) is 303 Å². The van der Waals surface area contributed by atoms with Crippen LogP contribution in [0.4, 0.5) is 4.79 Å². The summed E-state index contributed by atoms with van der Waals surface area (Å²) in [5.41, 5.74) is -0.676. The van der Waals surface area contributed by atoms with E-state index in [4.69, 9.17) is 37.0 Å². The largest absolute Gasteiger partial charge is 0.457 e. The average molecular weight is 1130 g/mol. The maximum atomic E-state index is 14.5. The lowest BCUT2D eigenvalue weighted by atomic mass is 9.88. The summed E-state index contributed by atoms with van der Waals surface area (Å²) in [7, 11) is -6.05. The van der Waals surface area contributed by atoms with Crippen LogP contribution in [0.25, 0.3) is 0 Å². The first-order chi connectivity index (χ1) is 36.7. The van der Waals surface area contributed by atoms with E-state index in [-0.39, 0.29) is 48.6 Å². The molecule has 0 spiro atoms. The van der Waals surface area contributed by atoms with Gasteiger partial charge in [-0.05, 0) is 133 Å². The van der Waals surface area contributed by atoms with Crippen LogP contribution in [0.2, 0.25) is 54.4 Å². The van der Waals surface area contributed by atoms with Crippen molar-refractivity contribution in [3.05, 3.63) is 36.0 Å². The highest BCUT2D eigenvalue weighted by Gasteiger charge is 2.51. The first-order valence-electron chi connectivity index (χ1n) is 31.6. The number of carbonyl (C=O) groups is 2. The van der Waals surface area contributed by atoms with Gasteiger partial charge in [0.1, 0.15) is 11.7 Å². The summed E-state index contributed by atoms with van der Waals surface area (Å²) in [5, 5.41) is 0. The van der Waals surface area contributed by atoms with Gasteiger partial charge in [0.05, 0.1) is 30.3 Å². The molecular formula is C62H116N2O10Si3. The minimum Gasteiger partial charge on any atom is -0.457 e. The van der Waals surface area contributed by atoms with Crippen LogP contribution in [0.15, 0.2) is 36.0 Å². The molecule has 11 unspecified atom stereocenters. The zero-order chi connectivity index (χ0) is 57.0. The molecule has 0 aromatic carbocycles. The van der Waals surface area contributed by atoms with Gasteiger partial charge in [0.25, 0.3) is 0 Å². The Kier molecular flexibility index (Phi) is 28.4. The monoisotopic (exact) mass is 1130 g/mol. The predicted molar refractivity (Wildman–Crippen MR) is 324 cm³/mol. The number of allylic oxidation sites excluding steroid dienone is 2. The Bertz CT molecular complexity index is 1800. The number of hydrogen-bond donors (Lipinski definition) is 0. The quantitative estimate of drug-likeness (QED) is 0.0135. The predicted octanol–water partition coefficient (Wildman–Crippen LogP) is 15.5. The molecule has 3 fully saturated rings. The molecule has 0 radical (unpaired) electrons. The highest BCUT2D eigenvalue weighted by atomic mass is 28.4. The van der Waals surface area contributed by atoms with Gasteiger partial charge in [-0.25, -0.2) is 4.79 Å². The molecule has 0 N–H and O–H groups in total. The van der Waals surface area contributed by atoms with Gasteiger partial charge in [0.15, 0.2) is 37.3 Å². The molecule has 77 heavy (non-hydrogen) atoms. The number of carbonyl (C=O) groups excluding carboxylic acids is 2. The second kappa shape index (κ2) is 32.2. The molecule has 3 heterocycles. The van der Waals surface area contributed by atoms with Crippen LogP contribution < -0.4 is 0 Å². The van der Waals surface area contributed by atoms with Gasteiger partial charge >= 0.3 is 12.1 Å². The lowest BCUT2D eigenvalue weighted by molar-refractivity contribution is -0.222. The molecule has 446 valence electrons. The normalized spacial score (nSPS) is 28.7. The molecule has 12 nitrogen and oxygen atoms in total. The second-order valence-corrected chi connectivity index (χ2v) is 38.4. The van der Waals surface area contributed by atoms with E-state index >= 15 is 0 Å². The van der Waals surface area contributed by atoms with Crippen LogP contribution in [0.3, 0.4) is 0 Å². The molecule has 3 aliphatic heterocycles. The van der Waals surface area contributed by atoms with Crippen LogP contribution >= 0.6 is 0 Å². The number of ether oxygens (including phenoxy) is 5. The summed E-state index contributed by atoms with van der Waals surface area (Å²) in [6.45, 7) is 40.7. The molecule has 0 bridgehead atoms. The zero-order valence-corrected chi connectivity index (χ0v) is 55.3. The number of epoxide rings is 1. The van der Waals surface area contributed by atoms with E-state index in [1.54, 1.807) is 0 Å². The van der Waals surface area contributed by atoms with E-state index in [0.29, 0.717) is 38.6 Å². The van der Waals surface area contributed by atoms with Gasteiger partial charge in [-0.3, -0.25) is 9.69 Å². The molecule has 15 heteroatoms. The fraction of sp³-hybridized carbons (Fsp3) is 0.871. The molecule has 1 saturated carbocycles. The van der Waals surface area contributed by atoms with Crippen LogP contribution in [0.5, 0.6) is 0 Å². The number of hydrogen-bond acceptors (Lipinski definition) is 11. The third-order valence-corrected chi connectivity index (χ3v) is 33.5. The van der Waals surface area contributed by atoms with Crippen molar-refractivity contribution in [2.24, 2.45) is 11.8 Å². The Labute approximate surface area is 474 Å². The van der Waals surface area contributed by atoms with Gasteiger partial charge in [0.2, 0.25) is 0 Å². The molecule has 11 atom stereocenters. The number of piperazine rings is 1. The van der Waals surface area contributed by atoms with Crippen molar-refractivity contribution in [1.82, 2.24) is 9.80 Å². The van der Waals surface area contributed by atoms with E-state index in [1.165, 1.54) is 38.5 Å². The lowest BCUT2D eigenvalue weighted by Crippen LogP contribution is -2.54. The first kappa shape index (κ1) is 67.8. The third kappa shape index (κ3) is 19.5. The maximum absolute atomic E-state index is 14.5. The topological polar surface area (TPSA) is 118 Å². The summed E-state index contributed by atoms with van der Waals surface area (Å²) < 4.78 is 54.6. The molecule has 1 amide bonds. The van der Waals surface area contributed by atoms with Crippen molar-refractivity contribution in [3.63, 3.8) is 0 Å². The summed E-state index contributed by atoms with van der Waals surface area (Å²) >= 11 is 0. The first-order valence-corrected chi connectivity index (χ1v) is 39.2. The molecule has 0 aromatic heterocycles. The number of nitrogens with zero attached hydrogens (tertiary/aromatic N) is 2. The van der Waals surface area contributed by atoms with Gasteiger partial charge in [-0.15, -0.1) is 0 Å². The van der Waals surface area contributed by atoms with E-state index in [0.717, 1.165) is 85.9 Å². The minimum atomic E-state index is -2.18. The molecule has 4 rings (SSSR count). The van der Waals surface area contributed by atoms with E-state index in [9.17, 15) is 9.59 Å². The third-order valence-electron chi connectivity index (χ3n) is 19.3. The number of esters is 1. The Hall–Kier alpha value is -1.67. The van der Waals surface area contributed by atoms with Crippen LogP contribution in [-0.4, -0.2) is 140 Å². The molecular weight excluding hydrogens is 1020 g/mol. The van der Waals surface area contributed by atoms with Crippen molar-refractivity contribution in [1.29, 1.82) is 0 Å². The van der Waals surface area contributed by atoms with Crippen molar-refractivity contribution < 1.29 is 46.6 Å². The molecule has 2 saturated heterocycles. The van der Waals surface area contributed by atoms with Crippen molar-refractivity contribution >= 4 is 37.0 Å². The fourth-order valence-electron chi connectivity index (χ4n) is 13.1. The Morgan fingerprint density at radius 3 is 1.95 bits per heavy atom. The summed E-state index contributed by atoms with van der Waals surface area (Å²) in [6, 6.07) is 9.99. The average Bonchev–Trinajstić information content (AvgIpc) is 4.25. The SMILES string of the molecule is CCOC(C)OC1(C)CCC(O[Si](CC)(CC)CC)CC(=O)OC(/C(C)=C/C=C/C(C)(CC2OC2C(C)C(CC)O[Si](CC)(CC)CC)O[Si](CC)(CC)CC)C(C)/C=C/C1OC(=O)N1CCN(C2CCCCCC2)CC1. The summed E-state index contributed by atoms with van der Waals surface area (Å²) in [5.74, 6) is -0.284. The molecule has 0 aromatic rings. The fourth-order valence-corrected chi connectivity index (χ4v) is 22.1. The number of cyclic esters (lactones) is 1. The van der Waals surface area contributed by atoms with E-state index in [2.05, 4.69) is 126 Å². The van der Waals surface area contributed by atoms with Gasteiger partial charge in [-0.1, -0.05) is 133 Å². The molecule has 1 aliphatic carbocycles. The van der Waals surface area contributed by atoms with Crippen LogP contribution in [-0.2, 0) is 41.8 Å². The van der Waals surface area contributed by atoms with E-state index < -0.39 is 60.8 Å². The smallest absolute Gasteiger partial charge is 0.410 e. The number of amides is 1. The van der Waals surface area contributed by atoms with Crippen LogP contribution in [0.1, 0.15) is 188 Å². The van der Waals surface area contributed by atoms with Gasteiger partial charge < -0.3 is 41.9 Å². The number of rotatable bonds is 29. The van der Waals surface area contributed by atoms with Gasteiger partial charge in [0, 0.05) is 63.2 Å². The highest BCUT2D eigenvalue weighted by Crippen LogP contribution is 2.43. The van der Waals surface area contributed by atoms with Crippen molar-refractivity contribution in [3.8, 4) is 0 Å². The Morgan fingerprint density at radius 1 is 0.818 bits per heavy atom. The van der Waals surface area contributed by atoms with Gasteiger partial charge in [-0.2, -0.15) is 0 Å². The van der Waals surface area contributed by atoms with Crippen molar-refractivity contribution in [2.75, 3.05) is 32.8 Å². The summed E-state index contributed by atoms with van der Waals surface area (Å²) in [6.07, 6.45) is 18.7. The van der Waals surface area contributed by atoms with E-state index in [1.807, 2.05) is 31.7 Å². The maximum Gasteiger partial charge on any atom is 0.410 e. The standard InChI is InChI=1S/C62H116N2O10Si3/c1-18-54(73-76(23-6,24-7)25-8)50(14)59-55(68-59)47-61(16,74-77(26-9,27-10)28-11)40-33-34-48(12)58-49(13)37-38-56(69-60(66)64-44-42-63(43-45-64)52-35-31-29-30-32-36-52)62(17,71-51(15)67-19-2)41-39-53(46-57(65)70-58)72-75(20-3,21-4)22-5/h33-34,37-38,40,49-56,58-59H,18-32,35-36,39,41-47H2,1-17H3/b38-37+,40-33+,48-34+. The molecule has 4 aliphatic rings. The summed E-state index contributed by atoms with van der Waals surface area (Å²) in [4.78, 5) is 33.4.